The molecule has 27 heavy (non-hydrogen) atoms. The topological polar surface area (TPSA) is 78.5 Å². The Hall–Kier alpha value is -2.67. The van der Waals surface area contributed by atoms with E-state index in [-0.39, 0.29) is 18.2 Å². The highest BCUT2D eigenvalue weighted by Gasteiger charge is 2.35. The first-order chi connectivity index (χ1) is 12.8. The Labute approximate surface area is 166 Å². The highest BCUT2D eigenvalue weighted by molar-refractivity contribution is 9.10. The molecule has 1 atom stereocenters. The zero-order chi connectivity index (χ0) is 19.6. The summed E-state index contributed by atoms with van der Waals surface area (Å²) < 4.78 is 0.770. The second kappa shape index (κ2) is 7.92. The summed E-state index contributed by atoms with van der Waals surface area (Å²) in [4.78, 5) is 38.4. The number of rotatable bonds is 3. The van der Waals surface area contributed by atoms with E-state index in [1.165, 1.54) is 0 Å². The number of aryl methyl sites for hydroxylation is 2. The Bertz CT molecular complexity index is 913. The minimum Gasteiger partial charge on any atom is -0.312 e. The van der Waals surface area contributed by atoms with Crippen molar-refractivity contribution in [2.24, 2.45) is 5.92 Å². The highest BCUT2D eigenvalue weighted by atomic mass is 79.9. The number of nitrogens with zero attached hydrogens (tertiary/aromatic N) is 1. The van der Waals surface area contributed by atoms with Crippen LogP contribution in [0.5, 0.6) is 0 Å². The molecule has 140 valence electrons. The summed E-state index contributed by atoms with van der Waals surface area (Å²) in [5.41, 5.74) is 8.27. The number of anilines is 1. The second-order valence-electron chi connectivity index (χ2n) is 6.63. The largest absolute Gasteiger partial charge is 0.312 e. The molecule has 0 spiro atoms. The van der Waals surface area contributed by atoms with Gasteiger partial charge in [-0.05, 0) is 55.3 Å². The first kappa shape index (κ1) is 19.1. The number of benzene rings is 2. The maximum absolute atomic E-state index is 12.4. The van der Waals surface area contributed by atoms with Crippen LogP contribution in [-0.4, -0.2) is 24.3 Å². The van der Waals surface area contributed by atoms with Crippen molar-refractivity contribution in [1.82, 2.24) is 10.9 Å². The molecule has 0 aromatic heterocycles. The minimum atomic E-state index is -0.512. The lowest BCUT2D eigenvalue weighted by molar-refractivity contribution is -0.126. The van der Waals surface area contributed by atoms with Gasteiger partial charge in [-0.3, -0.25) is 25.2 Å². The molecule has 0 radical (unpaired) electrons. The van der Waals surface area contributed by atoms with Crippen LogP contribution in [0.1, 0.15) is 27.9 Å². The van der Waals surface area contributed by atoms with Gasteiger partial charge in [0, 0.05) is 28.7 Å². The fraction of sp³-hybridized carbons (Fsp3) is 0.250. The van der Waals surface area contributed by atoms with Crippen LogP contribution in [0.15, 0.2) is 46.9 Å². The van der Waals surface area contributed by atoms with Crippen molar-refractivity contribution >= 4 is 39.3 Å². The Morgan fingerprint density at radius 1 is 1.07 bits per heavy atom. The van der Waals surface area contributed by atoms with Crippen molar-refractivity contribution in [3.63, 3.8) is 0 Å². The molecule has 0 bridgehead atoms. The molecule has 2 N–H and O–H groups in total. The molecule has 7 heteroatoms. The van der Waals surface area contributed by atoms with Crippen molar-refractivity contribution in [3.05, 3.63) is 63.6 Å². The molecule has 1 aliphatic rings. The van der Waals surface area contributed by atoms with Gasteiger partial charge >= 0.3 is 0 Å². The number of carbonyl (C=O) groups is 3. The van der Waals surface area contributed by atoms with Crippen molar-refractivity contribution in [3.8, 4) is 0 Å². The van der Waals surface area contributed by atoms with Gasteiger partial charge in [0.2, 0.25) is 11.8 Å². The molecule has 1 aliphatic heterocycles. The Balaban J connectivity index is 1.60. The number of carbonyl (C=O) groups excluding carboxylic acids is 3. The number of hydrogen-bond donors (Lipinski definition) is 2. The molecule has 1 heterocycles. The van der Waals surface area contributed by atoms with E-state index >= 15 is 0 Å². The van der Waals surface area contributed by atoms with Gasteiger partial charge in [0.05, 0.1) is 5.92 Å². The Morgan fingerprint density at radius 3 is 2.56 bits per heavy atom. The summed E-state index contributed by atoms with van der Waals surface area (Å²) in [6, 6.07) is 12.6. The molecule has 0 unspecified atom stereocenters. The van der Waals surface area contributed by atoms with E-state index in [4.69, 9.17) is 0 Å². The van der Waals surface area contributed by atoms with Crippen LogP contribution in [0.4, 0.5) is 5.69 Å². The van der Waals surface area contributed by atoms with Gasteiger partial charge in [0.1, 0.15) is 0 Å². The summed E-state index contributed by atoms with van der Waals surface area (Å²) in [6.07, 6.45) is 0.117. The summed E-state index contributed by atoms with van der Waals surface area (Å²) >= 11 is 3.30. The number of nitrogens with one attached hydrogen (secondary N) is 2. The second-order valence-corrected chi connectivity index (χ2v) is 7.54. The summed E-state index contributed by atoms with van der Waals surface area (Å²) in [6.45, 7) is 4.29. The fourth-order valence-electron chi connectivity index (χ4n) is 2.95. The molecule has 0 saturated carbocycles. The number of halogens is 1. The molecule has 6 nitrogen and oxygen atoms in total. The average molecular weight is 430 g/mol. The third-order valence-corrected chi connectivity index (χ3v) is 5.18. The van der Waals surface area contributed by atoms with Gasteiger partial charge in [0.15, 0.2) is 0 Å². The van der Waals surface area contributed by atoms with Crippen molar-refractivity contribution in [2.45, 2.75) is 20.3 Å². The number of amides is 3. The van der Waals surface area contributed by atoms with E-state index in [0.29, 0.717) is 12.1 Å². The quantitative estimate of drug-likeness (QED) is 0.736. The molecule has 0 aliphatic carbocycles. The molecule has 2 aromatic rings. The van der Waals surface area contributed by atoms with Crippen LogP contribution in [0.2, 0.25) is 0 Å². The molecule has 3 rings (SSSR count). The zero-order valence-electron chi connectivity index (χ0n) is 15.1. The van der Waals surface area contributed by atoms with Gasteiger partial charge in [-0.15, -0.1) is 0 Å². The number of hydrazine groups is 1. The molecular weight excluding hydrogens is 410 g/mol. The van der Waals surface area contributed by atoms with E-state index in [2.05, 4.69) is 26.8 Å². The lowest BCUT2D eigenvalue weighted by Crippen LogP contribution is -2.45. The van der Waals surface area contributed by atoms with Crippen molar-refractivity contribution in [2.75, 3.05) is 11.4 Å². The third-order valence-electron chi connectivity index (χ3n) is 4.68. The normalized spacial score (nSPS) is 16.3. The van der Waals surface area contributed by atoms with Crippen LogP contribution in [0.3, 0.4) is 0 Å². The van der Waals surface area contributed by atoms with Crippen LogP contribution in [0, 0.1) is 19.8 Å². The van der Waals surface area contributed by atoms with Gasteiger partial charge in [0.25, 0.3) is 5.91 Å². The van der Waals surface area contributed by atoms with E-state index in [0.717, 1.165) is 21.3 Å². The fourth-order valence-corrected chi connectivity index (χ4v) is 3.35. The van der Waals surface area contributed by atoms with Gasteiger partial charge in [-0.25, -0.2) is 0 Å². The Kier molecular flexibility index (Phi) is 5.60. The monoisotopic (exact) mass is 429 g/mol. The van der Waals surface area contributed by atoms with E-state index in [9.17, 15) is 14.4 Å². The van der Waals surface area contributed by atoms with Crippen LogP contribution >= 0.6 is 15.9 Å². The van der Waals surface area contributed by atoms with Crippen LogP contribution in [-0.2, 0) is 9.59 Å². The molecule has 2 aromatic carbocycles. The van der Waals surface area contributed by atoms with E-state index in [1.54, 1.807) is 29.2 Å². The average Bonchev–Trinajstić information content (AvgIpc) is 3.03. The first-order valence-corrected chi connectivity index (χ1v) is 9.38. The molecular formula is C20H20BrN3O3. The van der Waals surface area contributed by atoms with E-state index < -0.39 is 11.8 Å². The summed E-state index contributed by atoms with van der Waals surface area (Å²) in [7, 11) is 0. The van der Waals surface area contributed by atoms with Crippen molar-refractivity contribution in [1.29, 1.82) is 0 Å². The maximum Gasteiger partial charge on any atom is 0.269 e. The molecule has 1 fully saturated rings. The smallest absolute Gasteiger partial charge is 0.269 e. The van der Waals surface area contributed by atoms with Crippen LogP contribution in [0.25, 0.3) is 0 Å². The minimum absolute atomic E-state index is 0.100. The molecule has 3 amide bonds. The molecule has 1 saturated heterocycles. The van der Waals surface area contributed by atoms with Gasteiger partial charge in [-0.2, -0.15) is 0 Å². The van der Waals surface area contributed by atoms with Crippen molar-refractivity contribution < 1.29 is 14.4 Å². The maximum atomic E-state index is 12.4. The first-order valence-electron chi connectivity index (χ1n) is 8.58. The lowest BCUT2D eigenvalue weighted by atomic mass is 10.1. The lowest BCUT2D eigenvalue weighted by Gasteiger charge is -2.18. The van der Waals surface area contributed by atoms with Crippen LogP contribution < -0.4 is 15.8 Å². The van der Waals surface area contributed by atoms with E-state index in [1.807, 2.05) is 32.0 Å². The SMILES string of the molecule is Cc1ccc(N2C[C@H](C(=O)NNC(=O)c3cccc(Br)c3)CC2=O)cc1C. The standard InChI is InChI=1S/C20H20BrN3O3/c1-12-6-7-17(8-13(12)2)24-11-15(10-18(24)25)20(27)23-22-19(26)14-4-3-5-16(21)9-14/h3-9,15H,10-11H2,1-2H3,(H,22,26)(H,23,27)/t15-/m1/s1. The highest BCUT2D eigenvalue weighted by Crippen LogP contribution is 2.26. The zero-order valence-corrected chi connectivity index (χ0v) is 16.7. The van der Waals surface area contributed by atoms with Gasteiger partial charge < -0.3 is 4.90 Å². The third kappa shape index (κ3) is 4.36. The summed E-state index contributed by atoms with van der Waals surface area (Å²) in [5.74, 6) is -1.41. The summed E-state index contributed by atoms with van der Waals surface area (Å²) in [5, 5.41) is 0. The predicted octanol–water partition coefficient (Wildman–Crippen LogP) is 2.88. The number of hydrogen-bond acceptors (Lipinski definition) is 3. The Morgan fingerprint density at radius 2 is 1.85 bits per heavy atom. The predicted molar refractivity (Wildman–Crippen MR) is 106 cm³/mol. The van der Waals surface area contributed by atoms with Gasteiger partial charge in [-0.1, -0.05) is 28.1 Å².